The number of nitrogens with one attached hydrogen (secondary N) is 1. The second kappa shape index (κ2) is 5.94. The first-order valence-corrected chi connectivity index (χ1v) is 8.97. The molecule has 1 aliphatic carbocycles. The van der Waals surface area contributed by atoms with Crippen LogP contribution in [0.1, 0.15) is 39.9 Å². The van der Waals surface area contributed by atoms with E-state index < -0.39 is 5.97 Å². The van der Waals surface area contributed by atoms with Gasteiger partial charge in [-0.3, -0.25) is 0 Å². The Morgan fingerprint density at radius 1 is 1.25 bits per heavy atom. The van der Waals surface area contributed by atoms with E-state index in [1.54, 1.807) is 6.07 Å². The van der Waals surface area contributed by atoms with E-state index in [4.69, 9.17) is 11.6 Å². The zero-order valence-electron chi connectivity index (χ0n) is 12.7. The van der Waals surface area contributed by atoms with Crippen molar-refractivity contribution in [2.24, 2.45) is 5.92 Å². The Balaban J connectivity index is 1.86. The lowest BCUT2D eigenvalue weighted by Crippen LogP contribution is -2.30. The van der Waals surface area contributed by atoms with Crippen molar-refractivity contribution in [3.63, 3.8) is 0 Å². The molecule has 2 aromatic rings. The minimum Gasteiger partial charge on any atom is -0.478 e. The standard InChI is InChI=1S/C19H15BrClNO2/c20-11-8-15-13-2-1-3-14(13)17(10-4-6-12(21)7-5-10)22-18(15)16(9-11)19(23)24/h1-2,4-9,13-14,17,22H,3H2,(H,23,24). The highest BCUT2D eigenvalue weighted by Gasteiger charge is 2.39. The fourth-order valence-corrected chi connectivity index (χ4v) is 4.43. The minimum absolute atomic E-state index is 0.0639. The number of carbonyl (C=O) groups is 1. The van der Waals surface area contributed by atoms with E-state index in [-0.39, 0.29) is 12.0 Å². The van der Waals surface area contributed by atoms with Crippen LogP contribution in [-0.4, -0.2) is 11.1 Å². The van der Waals surface area contributed by atoms with Crippen LogP contribution in [0.4, 0.5) is 5.69 Å². The van der Waals surface area contributed by atoms with Gasteiger partial charge in [-0.2, -0.15) is 0 Å². The van der Waals surface area contributed by atoms with Crippen LogP contribution in [0.15, 0.2) is 53.0 Å². The molecule has 0 fully saturated rings. The van der Waals surface area contributed by atoms with Crippen LogP contribution in [0.5, 0.6) is 0 Å². The first-order valence-electron chi connectivity index (χ1n) is 7.80. The summed E-state index contributed by atoms with van der Waals surface area (Å²) < 4.78 is 0.796. The monoisotopic (exact) mass is 403 g/mol. The summed E-state index contributed by atoms with van der Waals surface area (Å²) in [6.45, 7) is 0. The highest BCUT2D eigenvalue weighted by atomic mass is 79.9. The van der Waals surface area contributed by atoms with Crippen LogP contribution in [0.3, 0.4) is 0 Å². The number of carboxylic acids is 1. The van der Waals surface area contributed by atoms with E-state index in [1.807, 2.05) is 30.3 Å². The van der Waals surface area contributed by atoms with E-state index in [9.17, 15) is 9.90 Å². The van der Waals surface area contributed by atoms with Gasteiger partial charge in [0.05, 0.1) is 17.3 Å². The van der Waals surface area contributed by atoms with Crippen molar-refractivity contribution in [3.8, 4) is 0 Å². The van der Waals surface area contributed by atoms with E-state index in [0.717, 1.165) is 27.7 Å². The van der Waals surface area contributed by atoms with E-state index >= 15 is 0 Å². The van der Waals surface area contributed by atoms with Gasteiger partial charge in [0.1, 0.15) is 0 Å². The number of anilines is 1. The summed E-state index contributed by atoms with van der Waals surface area (Å²) in [4.78, 5) is 11.7. The molecular formula is C19H15BrClNO2. The lowest BCUT2D eigenvalue weighted by Gasteiger charge is -2.38. The maximum Gasteiger partial charge on any atom is 0.337 e. The van der Waals surface area contributed by atoms with Crippen molar-refractivity contribution in [2.75, 3.05) is 5.32 Å². The van der Waals surface area contributed by atoms with E-state index in [2.05, 4.69) is 33.4 Å². The van der Waals surface area contributed by atoms with Gasteiger partial charge in [0.2, 0.25) is 0 Å². The minimum atomic E-state index is -0.921. The molecule has 2 N–H and O–H groups in total. The summed E-state index contributed by atoms with van der Waals surface area (Å²) in [5.74, 6) is -0.331. The number of allylic oxidation sites excluding steroid dienone is 2. The number of aromatic carboxylic acids is 1. The van der Waals surface area contributed by atoms with Crippen molar-refractivity contribution in [1.29, 1.82) is 0 Å². The van der Waals surface area contributed by atoms with Crippen molar-refractivity contribution in [3.05, 3.63) is 74.7 Å². The van der Waals surface area contributed by atoms with Gasteiger partial charge in [-0.05, 0) is 47.7 Å². The quantitative estimate of drug-likeness (QED) is 0.638. The third kappa shape index (κ3) is 2.54. The Hall–Kier alpha value is -1.78. The Labute approximate surface area is 153 Å². The SMILES string of the molecule is O=C(O)c1cc(Br)cc2c1NC(c1ccc(Cl)cc1)C1CC=CC21. The predicted octanol–water partition coefficient (Wildman–Crippen LogP) is 5.63. The first-order chi connectivity index (χ1) is 11.5. The molecule has 5 heteroatoms. The van der Waals surface area contributed by atoms with Gasteiger partial charge in [-0.25, -0.2) is 4.79 Å². The summed E-state index contributed by atoms with van der Waals surface area (Å²) in [6, 6.07) is 11.5. The number of hydrogen-bond donors (Lipinski definition) is 2. The molecule has 1 aliphatic heterocycles. The molecule has 2 aromatic carbocycles. The predicted molar refractivity (Wildman–Crippen MR) is 98.9 cm³/mol. The summed E-state index contributed by atoms with van der Waals surface area (Å²) in [6.07, 6.45) is 5.36. The molecule has 0 spiro atoms. The number of halogens is 2. The second-order valence-electron chi connectivity index (χ2n) is 6.25. The second-order valence-corrected chi connectivity index (χ2v) is 7.60. The van der Waals surface area contributed by atoms with Gasteiger partial charge in [-0.1, -0.05) is 51.8 Å². The highest BCUT2D eigenvalue weighted by Crippen LogP contribution is 2.51. The molecule has 3 atom stereocenters. The number of hydrogen-bond acceptors (Lipinski definition) is 2. The van der Waals surface area contributed by atoms with E-state index in [1.165, 1.54) is 0 Å². The van der Waals surface area contributed by atoms with Crippen LogP contribution < -0.4 is 5.32 Å². The van der Waals surface area contributed by atoms with E-state index in [0.29, 0.717) is 16.5 Å². The zero-order chi connectivity index (χ0) is 16.8. The highest BCUT2D eigenvalue weighted by molar-refractivity contribution is 9.10. The van der Waals surface area contributed by atoms with Gasteiger partial charge >= 0.3 is 5.97 Å². The molecule has 0 saturated carbocycles. The smallest absolute Gasteiger partial charge is 0.337 e. The third-order valence-electron chi connectivity index (χ3n) is 4.89. The fourth-order valence-electron chi connectivity index (χ4n) is 3.83. The molecule has 0 amide bonds. The van der Waals surface area contributed by atoms with Crippen molar-refractivity contribution in [2.45, 2.75) is 18.4 Å². The molecule has 2 aliphatic rings. The Kier molecular flexibility index (Phi) is 3.89. The molecule has 0 radical (unpaired) electrons. The van der Waals surface area contributed by atoms with Gasteiger partial charge in [-0.15, -0.1) is 0 Å². The van der Waals surface area contributed by atoms with Gasteiger partial charge in [0.25, 0.3) is 0 Å². The van der Waals surface area contributed by atoms with Gasteiger partial charge in [0.15, 0.2) is 0 Å². The first kappa shape index (κ1) is 15.7. The molecule has 0 bridgehead atoms. The average Bonchev–Trinajstić information content (AvgIpc) is 3.04. The Morgan fingerprint density at radius 2 is 2.00 bits per heavy atom. The van der Waals surface area contributed by atoms with Crippen molar-refractivity contribution < 1.29 is 9.90 Å². The van der Waals surface area contributed by atoms with Crippen molar-refractivity contribution >= 4 is 39.2 Å². The molecule has 4 rings (SSSR count). The maximum absolute atomic E-state index is 11.7. The summed E-state index contributed by atoms with van der Waals surface area (Å²) in [5.41, 5.74) is 3.20. The topological polar surface area (TPSA) is 49.3 Å². The largest absolute Gasteiger partial charge is 0.478 e. The molecule has 24 heavy (non-hydrogen) atoms. The van der Waals surface area contributed by atoms with Crippen LogP contribution in [-0.2, 0) is 0 Å². The zero-order valence-corrected chi connectivity index (χ0v) is 15.0. The summed E-state index contributed by atoms with van der Waals surface area (Å²) in [7, 11) is 0. The molecule has 0 saturated heterocycles. The summed E-state index contributed by atoms with van der Waals surface area (Å²) in [5, 5.41) is 13.8. The molecule has 1 heterocycles. The number of benzene rings is 2. The third-order valence-corrected chi connectivity index (χ3v) is 5.60. The normalized spacial score (nSPS) is 24.2. The fraction of sp³-hybridized carbons (Fsp3) is 0.211. The van der Waals surface area contributed by atoms with Crippen LogP contribution in [0.2, 0.25) is 5.02 Å². The average molecular weight is 405 g/mol. The number of carboxylic acid groups (broad SMARTS) is 1. The molecular weight excluding hydrogens is 390 g/mol. The Morgan fingerprint density at radius 3 is 2.71 bits per heavy atom. The number of fused-ring (bicyclic) bond motifs is 3. The Bertz CT molecular complexity index is 847. The lowest BCUT2D eigenvalue weighted by molar-refractivity contribution is 0.0697. The van der Waals surface area contributed by atoms with Gasteiger partial charge in [0, 0.05) is 15.4 Å². The summed E-state index contributed by atoms with van der Waals surface area (Å²) >= 11 is 9.46. The maximum atomic E-state index is 11.7. The number of rotatable bonds is 2. The van der Waals surface area contributed by atoms with Crippen molar-refractivity contribution in [1.82, 2.24) is 0 Å². The van der Waals surface area contributed by atoms with Crippen LogP contribution >= 0.6 is 27.5 Å². The molecule has 3 nitrogen and oxygen atoms in total. The molecule has 0 aromatic heterocycles. The van der Waals surface area contributed by atoms with Crippen LogP contribution in [0, 0.1) is 5.92 Å². The lowest BCUT2D eigenvalue weighted by atomic mass is 9.76. The van der Waals surface area contributed by atoms with Crippen LogP contribution in [0.25, 0.3) is 0 Å². The van der Waals surface area contributed by atoms with Gasteiger partial charge < -0.3 is 10.4 Å². The molecule has 122 valence electrons. The molecule has 3 unspecified atom stereocenters.